The molecule has 5 rings (SSSR count). The summed E-state index contributed by atoms with van der Waals surface area (Å²) in [6.45, 7) is 3.47. The second-order valence-electron chi connectivity index (χ2n) is 8.86. The van der Waals surface area contributed by atoms with E-state index in [0.717, 1.165) is 72.9 Å². The predicted molar refractivity (Wildman–Crippen MR) is 135 cm³/mol. The zero-order valence-electron chi connectivity index (χ0n) is 19.8. The van der Waals surface area contributed by atoms with E-state index in [0.29, 0.717) is 22.8 Å². The topological polar surface area (TPSA) is 65.3 Å². The van der Waals surface area contributed by atoms with Gasteiger partial charge in [0.1, 0.15) is 16.7 Å². The number of hydrogen-bond acceptors (Lipinski definition) is 7. The average Bonchev–Trinajstić information content (AvgIpc) is 3.63. The van der Waals surface area contributed by atoms with E-state index in [1.54, 1.807) is 7.11 Å². The van der Waals surface area contributed by atoms with Crippen LogP contribution < -0.4 is 9.64 Å². The molecule has 2 aromatic heterocycles. The molecule has 1 saturated heterocycles. The van der Waals surface area contributed by atoms with Gasteiger partial charge < -0.3 is 14.4 Å². The Morgan fingerprint density at radius 1 is 1.18 bits per heavy atom. The maximum atomic E-state index is 6.73. The molecular weight excluding hydrogens is 470 g/mol. The number of halogens is 1. The smallest absolute Gasteiger partial charge is 0.190 e. The van der Waals surface area contributed by atoms with E-state index in [9.17, 15) is 0 Å². The molecule has 0 amide bonds. The summed E-state index contributed by atoms with van der Waals surface area (Å²) in [4.78, 5) is 11.7. The highest BCUT2D eigenvalue weighted by atomic mass is 35.5. The summed E-state index contributed by atoms with van der Waals surface area (Å²) < 4.78 is 13.4. The predicted octanol–water partition coefficient (Wildman–Crippen LogP) is 6.28. The van der Waals surface area contributed by atoms with Crippen LogP contribution >= 0.6 is 23.4 Å². The summed E-state index contributed by atoms with van der Waals surface area (Å²) in [5, 5.41) is 6.24. The van der Waals surface area contributed by atoms with Crippen molar-refractivity contribution in [3.05, 3.63) is 52.3 Å². The molecule has 180 valence electrons. The Bertz CT molecular complexity index is 1140. The summed E-state index contributed by atoms with van der Waals surface area (Å²) in [5.74, 6) is 2.91. The van der Waals surface area contributed by atoms with Gasteiger partial charge in [0.25, 0.3) is 0 Å². The largest absolute Gasteiger partial charge is 0.497 e. The van der Waals surface area contributed by atoms with E-state index in [4.69, 9.17) is 31.2 Å². The Kier molecular flexibility index (Phi) is 6.99. The minimum atomic E-state index is -0.0241. The number of anilines is 2. The lowest BCUT2D eigenvalue weighted by atomic mass is 10.1. The van der Waals surface area contributed by atoms with E-state index in [2.05, 4.69) is 35.0 Å². The molecule has 9 heteroatoms. The summed E-state index contributed by atoms with van der Waals surface area (Å²) >= 11 is 8.22. The first-order valence-corrected chi connectivity index (χ1v) is 13.4. The third-order valence-electron chi connectivity index (χ3n) is 6.40. The van der Waals surface area contributed by atoms with Gasteiger partial charge in [-0.3, -0.25) is 0 Å². The first-order valence-electron chi connectivity index (χ1n) is 11.8. The number of nitrogens with zero attached hydrogens (tertiary/aromatic N) is 5. The fraction of sp³-hybridized carbons (Fsp3) is 0.480. The van der Waals surface area contributed by atoms with Gasteiger partial charge in [0.05, 0.1) is 13.7 Å². The molecule has 1 saturated carbocycles. The fourth-order valence-electron chi connectivity index (χ4n) is 4.42. The molecule has 0 bridgehead atoms. The van der Waals surface area contributed by atoms with Crippen LogP contribution in [0.2, 0.25) is 5.15 Å². The first kappa shape index (κ1) is 23.5. The molecule has 1 atom stereocenters. The van der Waals surface area contributed by atoms with Crippen molar-refractivity contribution in [3.63, 3.8) is 0 Å². The van der Waals surface area contributed by atoms with E-state index in [1.165, 1.54) is 11.8 Å². The molecule has 3 heterocycles. The van der Waals surface area contributed by atoms with Gasteiger partial charge in [0.2, 0.25) is 0 Å². The molecule has 34 heavy (non-hydrogen) atoms. The zero-order chi connectivity index (χ0) is 23.7. The van der Waals surface area contributed by atoms with Gasteiger partial charge in [-0.1, -0.05) is 35.5 Å². The Hall–Kier alpha value is -2.29. The molecule has 1 unspecified atom stereocenters. The van der Waals surface area contributed by atoms with Crippen LogP contribution in [0.25, 0.3) is 0 Å². The Morgan fingerprint density at radius 3 is 2.62 bits per heavy atom. The zero-order valence-corrected chi connectivity index (χ0v) is 21.4. The van der Waals surface area contributed by atoms with E-state index >= 15 is 0 Å². The number of benzene rings is 1. The standard InChI is InChI=1S/C25H30ClN5O2S/c1-16-14-20(29-31(16)21-6-4-5-13-33-21)30(15-17-7-11-19(32-2)12-8-17)24-22(18-9-10-18)23(26)27-25(28-24)34-3/h7-8,11-12,14,18,21H,4-6,9-10,13,15H2,1-3H3. The number of aryl methyl sites for hydroxylation is 1. The van der Waals surface area contributed by atoms with Gasteiger partial charge in [-0.05, 0) is 68.9 Å². The number of rotatable bonds is 8. The van der Waals surface area contributed by atoms with E-state index in [-0.39, 0.29) is 6.23 Å². The summed E-state index contributed by atoms with van der Waals surface area (Å²) in [5.41, 5.74) is 3.22. The molecule has 0 N–H and O–H groups in total. The molecule has 1 aliphatic heterocycles. The Morgan fingerprint density at radius 2 is 1.97 bits per heavy atom. The van der Waals surface area contributed by atoms with Crippen molar-refractivity contribution in [1.82, 2.24) is 19.7 Å². The van der Waals surface area contributed by atoms with Crippen LogP contribution in [-0.2, 0) is 11.3 Å². The molecular formula is C25H30ClN5O2S. The van der Waals surface area contributed by atoms with Gasteiger partial charge in [-0.15, -0.1) is 0 Å². The second-order valence-corrected chi connectivity index (χ2v) is 9.99. The molecule has 1 aromatic carbocycles. The summed E-state index contributed by atoms with van der Waals surface area (Å²) in [6, 6.07) is 10.2. The maximum Gasteiger partial charge on any atom is 0.190 e. The van der Waals surface area contributed by atoms with Crippen molar-refractivity contribution in [2.45, 2.75) is 62.9 Å². The third kappa shape index (κ3) is 4.90. The van der Waals surface area contributed by atoms with Gasteiger partial charge in [-0.2, -0.15) is 5.10 Å². The highest BCUT2D eigenvalue weighted by molar-refractivity contribution is 7.98. The van der Waals surface area contributed by atoms with Gasteiger partial charge in [0, 0.05) is 23.9 Å². The molecule has 1 aliphatic carbocycles. The summed E-state index contributed by atoms with van der Waals surface area (Å²) in [6.07, 6.45) is 7.39. The SMILES string of the molecule is COc1ccc(CN(c2cc(C)n(C3CCCCO3)n2)c2nc(SC)nc(Cl)c2C2CC2)cc1. The highest BCUT2D eigenvalue weighted by Gasteiger charge is 2.34. The number of thioether (sulfide) groups is 1. The normalized spacial score (nSPS) is 18.2. The third-order valence-corrected chi connectivity index (χ3v) is 7.23. The van der Waals surface area contributed by atoms with Gasteiger partial charge >= 0.3 is 0 Å². The monoisotopic (exact) mass is 499 g/mol. The maximum absolute atomic E-state index is 6.73. The minimum absolute atomic E-state index is 0.0241. The van der Waals surface area contributed by atoms with Crippen molar-refractivity contribution in [3.8, 4) is 5.75 Å². The number of aromatic nitrogens is 4. The molecule has 2 fully saturated rings. The quantitative estimate of drug-likeness (QED) is 0.205. The average molecular weight is 500 g/mol. The number of hydrogen-bond donors (Lipinski definition) is 0. The van der Waals surface area contributed by atoms with Crippen molar-refractivity contribution >= 4 is 35.0 Å². The lowest BCUT2D eigenvalue weighted by Crippen LogP contribution is -2.23. The molecule has 2 aliphatic rings. The lowest BCUT2D eigenvalue weighted by molar-refractivity contribution is -0.0405. The van der Waals surface area contributed by atoms with Crippen LogP contribution in [0.3, 0.4) is 0 Å². The van der Waals surface area contributed by atoms with Crippen LogP contribution in [0, 0.1) is 6.92 Å². The van der Waals surface area contributed by atoms with Gasteiger partial charge in [-0.25, -0.2) is 14.6 Å². The first-order chi connectivity index (χ1) is 16.6. The molecule has 3 aromatic rings. The van der Waals surface area contributed by atoms with Crippen LogP contribution in [-0.4, -0.2) is 39.7 Å². The molecule has 0 radical (unpaired) electrons. The van der Waals surface area contributed by atoms with Crippen LogP contribution in [0.4, 0.5) is 11.6 Å². The van der Waals surface area contributed by atoms with Crippen molar-refractivity contribution in [1.29, 1.82) is 0 Å². The minimum Gasteiger partial charge on any atom is -0.497 e. The highest BCUT2D eigenvalue weighted by Crippen LogP contribution is 2.48. The second kappa shape index (κ2) is 10.1. The Balaban J connectivity index is 1.59. The summed E-state index contributed by atoms with van der Waals surface area (Å²) in [7, 11) is 1.68. The molecule has 7 nitrogen and oxygen atoms in total. The van der Waals surface area contributed by atoms with Crippen LogP contribution in [0.5, 0.6) is 5.75 Å². The molecule has 0 spiro atoms. The number of ether oxygens (including phenoxy) is 2. The Labute approximate surface area is 209 Å². The van der Waals surface area contributed by atoms with E-state index < -0.39 is 0 Å². The van der Waals surface area contributed by atoms with Crippen LogP contribution in [0.1, 0.15) is 61.1 Å². The fourth-order valence-corrected chi connectivity index (χ4v) is 5.15. The van der Waals surface area contributed by atoms with Gasteiger partial charge in [0.15, 0.2) is 17.2 Å². The van der Waals surface area contributed by atoms with Crippen molar-refractivity contribution < 1.29 is 9.47 Å². The van der Waals surface area contributed by atoms with Crippen molar-refractivity contribution in [2.75, 3.05) is 24.9 Å². The number of methoxy groups -OCH3 is 1. The van der Waals surface area contributed by atoms with Crippen molar-refractivity contribution in [2.24, 2.45) is 0 Å². The van der Waals surface area contributed by atoms with E-state index in [1.807, 2.05) is 23.1 Å². The van der Waals surface area contributed by atoms with Crippen LogP contribution in [0.15, 0.2) is 35.5 Å². The lowest BCUT2D eigenvalue weighted by Gasteiger charge is -2.26.